The van der Waals surface area contributed by atoms with Gasteiger partial charge in [-0.25, -0.2) is 0 Å². The van der Waals surface area contributed by atoms with Crippen LogP contribution in [0.5, 0.6) is 0 Å². The maximum Gasteiger partial charge on any atom is 0.413 e. The third-order valence-corrected chi connectivity index (χ3v) is 4.82. The number of carbonyl (C=O) groups is 1. The van der Waals surface area contributed by atoms with Gasteiger partial charge >= 0.3 is 6.18 Å². The smallest absolute Gasteiger partial charge is 0.309 e. The van der Waals surface area contributed by atoms with Gasteiger partial charge in [-0.3, -0.25) is 14.8 Å². The van der Waals surface area contributed by atoms with Crippen LogP contribution in [0.3, 0.4) is 0 Å². The molecular formula is C24H18F3N3O. The van der Waals surface area contributed by atoms with Crippen LogP contribution in [0.15, 0.2) is 101 Å². The average molecular weight is 421 g/mol. The fourth-order valence-corrected chi connectivity index (χ4v) is 3.35. The van der Waals surface area contributed by atoms with Crippen LogP contribution in [0.25, 0.3) is 0 Å². The molecule has 0 fully saturated rings. The van der Waals surface area contributed by atoms with Crippen molar-refractivity contribution in [2.75, 3.05) is 0 Å². The van der Waals surface area contributed by atoms with Gasteiger partial charge in [-0.1, -0.05) is 91.0 Å². The molecule has 156 valence electrons. The third-order valence-electron chi connectivity index (χ3n) is 4.82. The van der Waals surface area contributed by atoms with Crippen molar-refractivity contribution in [2.45, 2.75) is 18.3 Å². The molecule has 0 aromatic heterocycles. The highest BCUT2D eigenvalue weighted by Crippen LogP contribution is 2.30. The molecular weight excluding hydrogens is 403 g/mol. The Kier molecular flexibility index (Phi) is 5.66. The second kappa shape index (κ2) is 8.55. The van der Waals surface area contributed by atoms with Gasteiger partial charge in [0.05, 0.1) is 5.71 Å². The largest absolute Gasteiger partial charge is 0.413 e. The number of alkyl halides is 3. The van der Waals surface area contributed by atoms with Crippen molar-refractivity contribution in [2.24, 2.45) is 9.98 Å². The molecule has 4 rings (SSSR count). The number of nitrogens with one attached hydrogen (secondary N) is 1. The molecule has 7 heteroatoms. The lowest BCUT2D eigenvalue weighted by molar-refractivity contribution is -0.158. The first kappa shape index (κ1) is 20.5. The van der Waals surface area contributed by atoms with Gasteiger partial charge in [0.1, 0.15) is 5.84 Å². The van der Waals surface area contributed by atoms with E-state index in [-0.39, 0.29) is 5.84 Å². The highest BCUT2D eigenvalue weighted by atomic mass is 19.4. The number of rotatable bonds is 4. The first-order valence-corrected chi connectivity index (χ1v) is 9.63. The Hall–Kier alpha value is -3.74. The van der Waals surface area contributed by atoms with E-state index in [0.29, 0.717) is 22.4 Å². The van der Waals surface area contributed by atoms with Crippen molar-refractivity contribution in [3.8, 4) is 0 Å². The number of amides is 1. The van der Waals surface area contributed by atoms with E-state index in [4.69, 9.17) is 0 Å². The summed E-state index contributed by atoms with van der Waals surface area (Å²) in [5, 5.41) is 2.50. The highest BCUT2D eigenvalue weighted by Gasteiger charge is 2.50. The molecule has 4 nitrogen and oxygen atoms in total. The Morgan fingerprint density at radius 3 is 1.77 bits per heavy atom. The van der Waals surface area contributed by atoms with Gasteiger partial charge in [0.25, 0.3) is 5.91 Å². The fraction of sp³-hybridized carbons (Fsp3) is 0.125. The molecule has 1 heterocycles. The lowest BCUT2D eigenvalue weighted by Crippen LogP contribution is -2.54. The molecule has 3 aromatic carbocycles. The number of amidine groups is 1. The lowest BCUT2D eigenvalue weighted by atomic mass is 9.99. The van der Waals surface area contributed by atoms with Crippen LogP contribution >= 0.6 is 0 Å². The molecule has 1 aliphatic heterocycles. The molecule has 0 bridgehead atoms. The molecule has 0 saturated heterocycles. The Morgan fingerprint density at radius 2 is 1.29 bits per heavy atom. The van der Waals surface area contributed by atoms with Crippen LogP contribution in [0.4, 0.5) is 13.2 Å². The second-order valence-electron chi connectivity index (χ2n) is 6.97. The molecule has 3 aromatic rings. The number of aliphatic imine (C=N–C) groups is 2. The van der Waals surface area contributed by atoms with Crippen molar-refractivity contribution in [1.29, 1.82) is 0 Å². The van der Waals surface area contributed by atoms with Crippen LogP contribution in [0, 0.1) is 0 Å². The molecule has 0 unspecified atom stereocenters. The summed E-state index contributed by atoms with van der Waals surface area (Å²) in [6, 6.07) is 21.8. The second-order valence-corrected chi connectivity index (χ2v) is 6.97. The van der Waals surface area contributed by atoms with E-state index in [9.17, 15) is 18.0 Å². The summed E-state index contributed by atoms with van der Waals surface area (Å²) < 4.78 is 41.9. The summed E-state index contributed by atoms with van der Waals surface area (Å²) in [5.41, 5.74) is 1.92. The van der Waals surface area contributed by atoms with Crippen molar-refractivity contribution in [1.82, 2.24) is 5.32 Å². The fourth-order valence-electron chi connectivity index (χ4n) is 3.35. The minimum Gasteiger partial charge on any atom is -0.309 e. The number of halogens is 3. The first-order chi connectivity index (χ1) is 14.9. The number of hydrogen-bond acceptors (Lipinski definition) is 3. The van der Waals surface area contributed by atoms with Gasteiger partial charge in [0, 0.05) is 16.7 Å². The highest BCUT2D eigenvalue weighted by molar-refractivity contribution is 6.15. The maximum atomic E-state index is 14.0. The van der Waals surface area contributed by atoms with Gasteiger partial charge in [-0.15, -0.1) is 0 Å². The zero-order chi connectivity index (χ0) is 21.8. The third kappa shape index (κ3) is 4.55. The normalized spacial score (nSPS) is 18.7. The van der Waals surface area contributed by atoms with E-state index < -0.39 is 24.2 Å². The van der Waals surface area contributed by atoms with Crippen LogP contribution in [0.2, 0.25) is 0 Å². The Balaban J connectivity index is 1.83. The minimum atomic E-state index is -4.75. The SMILES string of the molecule is O=C1NC(c2ccccc2)=N[C@H](C(F)(F)F)[C@@H]1N=C(c1ccccc1)c1ccccc1. The average Bonchev–Trinajstić information content (AvgIpc) is 2.79. The van der Waals surface area contributed by atoms with Crippen molar-refractivity contribution in [3.63, 3.8) is 0 Å². The Morgan fingerprint density at radius 1 is 0.806 bits per heavy atom. The minimum absolute atomic E-state index is 0.111. The summed E-state index contributed by atoms with van der Waals surface area (Å²) in [5.74, 6) is -0.958. The standard InChI is InChI=1S/C24H18F3N3O/c25-24(26,27)21-20(23(31)30-22(29-21)18-14-8-3-9-15-18)28-19(16-10-4-1-5-11-16)17-12-6-2-7-13-17/h1-15,20-21H,(H,29,30,31)/t20-,21-/m0/s1. The first-order valence-electron chi connectivity index (χ1n) is 9.63. The predicted molar refractivity (Wildman–Crippen MR) is 113 cm³/mol. The maximum absolute atomic E-state index is 14.0. The quantitative estimate of drug-likeness (QED) is 0.624. The molecule has 1 amide bonds. The molecule has 1 N–H and O–H groups in total. The van der Waals surface area contributed by atoms with Gasteiger partial charge in [0.2, 0.25) is 0 Å². The van der Waals surface area contributed by atoms with E-state index in [1.807, 2.05) is 0 Å². The lowest BCUT2D eigenvalue weighted by Gasteiger charge is -2.29. The number of benzene rings is 3. The van der Waals surface area contributed by atoms with Gasteiger partial charge in [-0.2, -0.15) is 13.2 Å². The number of nitrogens with zero attached hydrogens (tertiary/aromatic N) is 2. The van der Waals surface area contributed by atoms with Crippen LogP contribution in [0.1, 0.15) is 16.7 Å². The van der Waals surface area contributed by atoms with Gasteiger partial charge in [-0.05, 0) is 0 Å². The van der Waals surface area contributed by atoms with E-state index in [1.165, 1.54) is 0 Å². The van der Waals surface area contributed by atoms with Crippen molar-refractivity contribution >= 4 is 17.5 Å². The molecule has 0 spiro atoms. The number of carbonyl (C=O) groups excluding carboxylic acids is 1. The van der Waals surface area contributed by atoms with Crippen LogP contribution < -0.4 is 5.32 Å². The van der Waals surface area contributed by atoms with Crippen molar-refractivity contribution in [3.05, 3.63) is 108 Å². The molecule has 2 atom stereocenters. The molecule has 0 saturated carbocycles. The van der Waals surface area contributed by atoms with Crippen molar-refractivity contribution < 1.29 is 18.0 Å². The molecule has 1 aliphatic rings. The zero-order valence-electron chi connectivity index (χ0n) is 16.3. The zero-order valence-corrected chi connectivity index (χ0v) is 16.3. The van der Waals surface area contributed by atoms with E-state index in [1.54, 1.807) is 91.0 Å². The predicted octanol–water partition coefficient (Wildman–Crippen LogP) is 4.40. The molecule has 0 aliphatic carbocycles. The molecule has 0 radical (unpaired) electrons. The summed E-state index contributed by atoms with van der Waals surface area (Å²) in [7, 11) is 0. The summed E-state index contributed by atoms with van der Waals surface area (Å²) in [4.78, 5) is 21.0. The van der Waals surface area contributed by atoms with E-state index in [2.05, 4.69) is 15.3 Å². The van der Waals surface area contributed by atoms with E-state index in [0.717, 1.165) is 0 Å². The monoisotopic (exact) mass is 421 g/mol. The summed E-state index contributed by atoms with van der Waals surface area (Å²) in [6.07, 6.45) is -4.75. The Labute approximate surface area is 177 Å². The van der Waals surface area contributed by atoms with Gasteiger partial charge < -0.3 is 5.32 Å². The Bertz CT molecular complexity index is 1070. The van der Waals surface area contributed by atoms with Crippen LogP contribution in [-0.2, 0) is 4.79 Å². The summed E-state index contributed by atoms with van der Waals surface area (Å²) in [6.45, 7) is 0. The number of hydrogen-bond donors (Lipinski definition) is 1. The topological polar surface area (TPSA) is 53.8 Å². The molecule has 31 heavy (non-hydrogen) atoms. The van der Waals surface area contributed by atoms with Gasteiger partial charge in [0.15, 0.2) is 12.1 Å². The summed E-state index contributed by atoms with van der Waals surface area (Å²) >= 11 is 0. The van der Waals surface area contributed by atoms with Crippen LogP contribution in [-0.4, -0.2) is 35.7 Å². The van der Waals surface area contributed by atoms with E-state index >= 15 is 0 Å².